The lowest BCUT2D eigenvalue weighted by Gasteiger charge is -2.04. The zero-order valence-corrected chi connectivity index (χ0v) is 8.41. The molecule has 0 aromatic heterocycles. The molecule has 1 aromatic carbocycles. The molecule has 0 spiro atoms. The van der Waals surface area contributed by atoms with Gasteiger partial charge in [0.1, 0.15) is 6.10 Å². The Hall–Kier alpha value is -0.840. The van der Waals surface area contributed by atoms with Crippen LogP contribution in [0, 0.1) is 0 Å². The van der Waals surface area contributed by atoms with Gasteiger partial charge in [0.25, 0.3) is 0 Å². The lowest BCUT2D eigenvalue weighted by Crippen LogP contribution is -2.21. The number of thioether (sulfide) groups is 1. The molecule has 1 aromatic rings. The Kier molecular flexibility index (Phi) is 4.65. The van der Waals surface area contributed by atoms with E-state index >= 15 is 0 Å². The van der Waals surface area contributed by atoms with Crippen molar-refractivity contribution in [3.8, 4) is 0 Å². The highest BCUT2D eigenvalue weighted by Crippen LogP contribution is 2.14. The Morgan fingerprint density at radius 3 is 2.57 bits per heavy atom. The molecule has 0 fully saturated rings. The zero-order chi connectivity index (χ0) is 10.4. The maximum atomic E-state index is 11.1. The molecule has 0 amide bonds. The molecule has 0 unspecified atom stereocenters. The second-order valence-electron chi connectivity index (χ2n) is 2.79. The second kappa shape index (κ2) is 5.80. The minimum absolute atomic E-state index is 0.392. The molecular formula is C10H12O3S. The third kappa shape index (κ3) is 3.49. The summed E-state index contributed by atoms with van der Waals surface area (Å²) in [6, 6.07) is 9.50. The number of benzene rings is 1. The Morgan fingerprint density at radius 1 is 1.36 bits per heavy atom. The van der Waals surface area contributed by atoms with Crippen molar-refractivity contribution in [2.75, 3.05) is 6.61 Å². The van der Waals surface area contributed by atoms with Crippen LogP contribution >= 0.6 is 11.8 Å². The summed E-state index contributed by atoms with van der Waals surface area (Å²) in [5, 5.41) is 17.1. The molecule has 0 bridgehead atoms. The Bertz CT molecular complexity index is 287. The molecule has 0 aliphatic rings. The summed E-state index contributed by atoms with van der Waals surface area (Å²) in [6.07, 6.45) is -1.26. The molecule has 76 valence electrons. The minimum atomic E-state index is -1.26. The monoisotopic (exact) mass is 213 g/mol. The number of rotatable bonds is 4. The van der Waals surface area contributed by atoms with Crippen molar-refractivity contribution in [2.24, 2.45) is 0 Å². The molecule has 0 saturated carbocycles. The van der Waals surface area contributed by atoms with Gasteiger partial charge in [0, 0.05) is 5.75 Å². The van der Waals surface area contributed by atoms with Gasteiger partial charge in [-0.25, -0.2) is 0 Å². The topological polar surface area (TPSA) is 57.5 Å². The van der Waals surface area contributed by atoms with Gasteiger partial charge in [0.05, 0.1) is 6.61 Å². The fourth-order valence-electron chi connectivity index (χ4n) is 0.899. The highest BCUT2D eigenvalue weighted by molar-refractivity contribution is 8.13. The van der Waals surface area contributed by atoms with Gasteiger partial charge in [-0.3, -0.25) is 4.79 Å². The summed E-state index contributed by atoms with van der Waals surface area (Å²) in [4.78, 5) is 11.1. The van der Waals surface area contributed by atoms with Gasteiger partial charge in [-0.15, -0.1) is 0 Å². The van der Waals surface area contributed by atoms with Crippen LogP contribution < -0.4 is 0 Å². The van der Waals surface area contributed by atoms with Gasteiger partial charge in [0.15, 0.2) is 0 Å². The molecule has 0 aliphatic heterocycles. The van der Waals surface area contributed by atoms with E-state index in [1.165, 1.54) is 0 Å². The number of aliphatic hydroxyl groups is 2. The molecule has 14 heavy (non-hydrogen) atoms. The largest absolute Gasteiger partial charge is 0.393 e. The molecule has 1 atom stereocenters. The van der Waals surface area contributed by atoms with Gasteiger partial charge in [-0.2, -0.15) is 0 Å². The van der Waals surface area contributed by atoms with Gasteiger partial charge < -0.3 is 10.2 Å². The van der Waals surface area contributed by atoms with Crippen LogP contribution in [0.25, 0.3) is 0 Å². The minimum Gasteiger partial charge on any atom is -0.393 e. The van der Waals surface area contributed by atoms with Gasteiger partial charge in [0.2, 0.25) is 5.12 Å². The van der Waals surface area contributed by atoms with Crippen LogP contribution in [-0.4, -0.2) is 28.0 Å². The standard InChI is InChI=1S/C10H12O3S/c11-6-9(12)10(13)14-7-8-4-2-1-3-5-8/h1-5,9,11-12H,6-7H2/t9-/m0/s1/i6+1. The van der Waals surface area contributed by atoms with Gasteiger partial charge in [-0.1, -0.05) is 42.1 Å². The van der Waals surface area contributed by atoms with Crippen LogP contribution in [0.15, 0.2) is 30.3 Å². The van der Waals surface area contributed by atoms with E-state index in [-0.39, 0.29) is 0 Å². The fraction of sp³-hybridized carbons (Fsp3) is 0.300. The lowest BCUT2D eigenvalue weighted by molar-refractivity contribution is -0.119. The molecular weight excluding hydrogens is 201 g/mol. The molecule has 0 aliphatic carbocycles. The van der Waals surface area contributed by atoms with Crippen LogP contribution in [-0.2, 0) is 10.5 Å². The maximum absolute atomic E-state index is 11.1. The number of carbonyl (C=O) groups excluding carboxylic acids is 1. The quantitative estimate of drug-likeness (QED) is 0.726. The highest BCUT2D eigenvalue weighted by atomic mass is 32.2. The summed E-state index contributed by atoms with van der Waals surface area (Å²) in [6.45, 7) is -0.513. The first-order valence-electron chi connectivity index (χ1n) is 4.23. The molecule has 0 saturated heterocycles. The predicted molar refractivity (Wildman–Crippen MR) is 55.8 cm³/mol. The average Bonchev–Trinajstić information content (AvgIpc) is 2.26. The average molecular weight is 213 g/mol. The highest BCUT2D eigenvalue weighted by Gasteiger charge is 2.13. The van der Waals surface area contributed by atoms with Gasteiger partial charge in [-0.05, 0) is 5.56 Å². The van der Waals surface area contributed by atoms with Crippen molar-refractivity contribution < 1.29 is 15.0 Å². The van der Waals surface area contributed by atoms with E-state index < -0.39 is 17.8 Å². The first kappa shape index (κ1) is 11.2. The smallest absolute Gasteiger partial charge is 0.220 e. The van der Waals surface area contributed by atoms with Crippen LogP contribution in [0.3, 0.4) is 0 Å². The first-order valence-corrected chi connectivity index (χ1v) is 5.22. The normalized spacial score (nSPS) is 12.4. The van der Waals surface area contributed by atoms with Crippen LogP contribution in [0.4, 0.5) is 0 Å². The van der Waals surface area contributed by atoms with E-state index in [0.29, 0.717) is 5.75 Å². The van der Waals surface area contributed by atoms with E-state index in [1.54, 1.807) is 0 Å². The van der Waals surface area contributed by atoms with Crippen LogP contribution in [0.1, 0.15) is 5.56 Å². The number of aliphatic hydroxyl groups excluding tert-OH is 2. The van der Waals surface area contributed by atoms with E-state index in [1.807, 2.05) is 30.3 Å². The summed E-state index contributed by atoms with van der Waals surface area (Å²) in [5.41, 5.74) is 1.02. The SMILES string of the molecule is O=C(SCc1ccccc1)[C@@H](O)[13CH2]O. The number of carbonyl (C=O) groups is 1. The molecule has 4 heteroatoms. The molecule has 0 radical (unpaired) electrons. The van der Waals surface area contributed by atoms with Crippen molar-refractivity contribution in [1.29, 1.82) is 0 Å². The molecule has 2 N–H and O–H groups in total. The first-order chi connectivity index (χ1) is 6.74. The second-order valence-corrected chi connectivity index (χ2v) is 3.77. The summed E-state index contributed by atoms with van der Waals surface area (Å²) in [5.74, 6) is 0.525. The predicted octanol–water partition coefficient (Wildman–Crippen LogP) is 0.800. The Balaban J connectivity index is 2.38. The van der Waals surface area contributed by atoms with E-state index in [0.717, 1.165) is 17.3 Å². The van der Waals surface area contributed by atoms with E-state index in [9.17, 15) is 4.79 Å². The van der Waals surface area contributed by atoms with Crippen LogP contribution in [0.5, 0.6) is 0 Å². The molecule has 1 rings (SSSR count). The summed E-state index contributed by atoms with van der Waals surface area (Å²) in [7, 11) is 0. The summed E-state index contributed by atoms with van der Waals surface area (Å²) < 4.78 is 0. The van der Waals surface area contributed by atoms with E-state index in [2.05, 4.69) is 0 Å². The number of hydrogen-bond donors (Lipinski definition) is 2. The number of hydrogen-bond acceptors (Lipinski definition) is 4. The van der Waals surface area contributed by atoms with Crippen molar-refractivity contribution in [2.45, 2.75) is 11.9 Å². The maximum Gasteiger partial charge on any atom is 0.220 e. The van der Waals surface area contributed by atoms with Crippen molar-refractivity contribution in [1.82, 2.24) is 0 Å². The third-order valence-corrected chi connectivity index (χ3v) is 2.70. The Morgan fingerprint density at radius 2 is 2.00 bits per heavy atom. The molecule has 3 nitrogen and oxygen atoms in total. The van der Waals surface area contributed by atoms with Crippen LogP contribution in [0.2, 0.25) is 0 Å². The van der Waals surface area contributed by atoms with E-state index in [4.69, 9.17) is 10.2 Å². The molecule has 0 heterocycles. The Labute approximate surface area is 86.8 Å². The van der Waals surface area contributed by atoms with Crippen molar-refractivity contribution >= 4 is 16.9 Å². The van der Waals surface area contributed by atoms with Crippen molar-refractivity contribution in [3.63, 3.8) is 0 Å². The third-order valence-electron chi connectivity index (χ3n) is 1.67. The summed E-state index contributed by atoms with van der Waals surface area (Å²) >= 11 is 1.01. The zero-order valence-electron chi connectivity index (χ0n) is 7.59. The van der Waals surface area contributed by atoms with Gasteiger partial charge >= 0.3 is 0 Å². The van der Waals surface area contributed by atoms with Crippen molar-refractivity contribution in [3.05, 3.63) is 35.9 Å². The lowest BCUT2D eigenvalue weighted by atomic mass is 10.2. The fourth-order valence-corrected chi connectivity index (χ4v) is 1.67.